The molecule has 1 heterocycles. The standard InChI is InChI=1S/C12H12F2INO2/c1-7-6-16(4-5-18-7)12(17)10-8(13)2-3-9(15)11(10)14/h2-3,7H,4-6H2,1H3/t7-/m1/s1. The molecule has 1 saturated heterocycles. The minimum absolute atomic E-state index is 0.114. The van der Waals surface area contributed by atoms with E-state index in [4.69, 9.17) is 4.74 Å². The third kappa shape index (κ3) is 2.64. The van der Waals surface area contributed by atoms with Gasteiger partial charge in [0.05, 0.1) is 12.7 Å². The van der Waals surface area contributed by atoms with E-state index in [1.165, 1.54) is 11.0 Å². The van der Waals surface area contributed by atoms with Crippen LogP contribution in [0.15, 0.2) is 12.1 Å². The summed E-state index contributed by atoms with van der Waals surface area (Å²) in [5.41, 5.74) is -0.476. The van der Waals surface area contributed by atoms with Crippen molar-refractivity contribution in [1.82, 2.24) is 4.90 Å². The van der Waals surface area contributed by atoms with E-state index in [2.05, 4.69) is 0 Å². The monoisotopic (exact) mass is 367 g/mol. The van der Waals surface area contributed by atoms with E-state index in [0.29, 0.717) is 19.7 Å². The molecule has 0 aromatic heterocycles. The third-order valence-corrected chi connectivity index (χ3v) is 3.62. The molecule has 1 aromatic rings. The summed E-state index contributed by atoms with van der Waals surface area (Å²) in [7, 11) is 0. The van der Waals surface area contributed by atoms with Gasteiger partial charge in [-0.1, -0.05) is 0 Å². The van der Waals surface area contributed by atoms with Gasteiger partial charge in [0.2, 0.25) is 0 Å². The van der Waals surface area contributed by atoms with Crippen molar-refractivity contribution in [1.29, 1.82) is 0 Å². The molecule has 0 unspecified atom stereocenters. The molecule has 0 aliphatic carbocycles. The number of amides is 1. The largest absolute Gasteiger partial charge is 0.375 e. The van der Waals surface area contributed by atoms with Crippen molar-refractivity contribution in [3.63, 3.8) is 0 Å². The van der Waals surface area contributed by atoms with Crippen molar-refractivity contribution in [3.05, 3.63) is 32.9 Å². The van der Waals surface area contributed by atoms with Crippen LogP contribution in [0.25, 0.3) is 0 Å². The van der Waals surface area contributed by atoms with Crippen LogP contribution in [-0.4, -0.2) is 36.6 Å². The van der Waals surface area contributed by atoms with Gasteiger partial charge < -0.3 is 9.64 Å². The Kier molecular flexibility index (Phi) is 4.16. The van der Waals surface area contributed by atoms with Crippen LogP contribution in [0.1, 0.15) is 17.3 Å². The molecule has 3 nitrogen and oxygen atoms in total. The lowest BCUT2D eigenvalue weighted by atomic mass is 10.1. The van der Waals surface area contributed by atoms with Gasteiger partial charge in [0.25, 0.3) is 5.91 Å². The van der Waals surface area contributed by atoms with Crippen molar-refractivity contribution < 1.29 is 18.3 Å². The molecule has 1 aliphatic heterocycles. The maximum atomic E-state index is 13.8. The Bertz CT molecular complexity index is 481. The second-order valence-corrected chi connectivity index (χ2v) is 5.31. The predicted octanol–water partition coefficient (Wildman–Crippen LogP) is 2.43. The molecule has 0 saturated carbocycles. The molecule has 1 aromatic carbocycles. The van der Waals surface area contributed by atoms with E-state index < -0.39 is 23.1 Å². The van der Waals surface area contributed by atoms with Crippen LogP contribution in [0.4, 0.5) is 8.78 Å². The molecule has 0 bridgehead atoms. The van der Waals surface area contributed by atoms with Crippen molar-refractivity contribution in [2.45, 2.75) is 13.0 Å². The lowest BCUT2D eigenvalue weighted by Crippen LogP contribution is -2.45. The molecule has 0 spiro atoms. The van der Waals surface area contributed by atoms with Gasteiger partial charge in [0.1, 0.15) is 11.4 Å². The zero-order valence-corrected chi connectivity index (χ0v) is 11.9. The summed E-state index contributed by atoms with van der Waals surface area (Å²) in [6.07, 6.45) is -0.114. The first-order chi connectivity index (χ1) is 8.50. The molecule has 1 atom stereocenters. The van der Waals surface area contributed by atoms with E-state index in [1.54, 1.807) is 22.6 Å². The molecule has 1 fully saturated rings. The molecular weight excluding hydrogens is 355 g/mol. The highest BCUT2D eigenvalue weighted by Crippen LogP contribution is 2.21. The normalized spacial score (nSPS) is 20.0. The summed E-state index contributed by atoms with van der Waals surface area (Å²) in [5, 5.41) is 0. The first-order valence-corrected chi connectivity index (χ1v) is 6.63. The molecule has 98 valence electrons. The van der Waals surface area contributed by atoms with Gasteiger partial charge in [0, 0.05) is 16.7 Å². The number of halogens is 3. The molecule has 18 heavy (non-hydrogen) atoms. The first-order valence-electron chi connectivity index (χ1n) is 5.55. The topological polar surface area (TPSA) is 29.5 Å². The van der Waals surface area contributed by atoms with Crippen LogP contribution in [-0.2, 0) is 4.74 Å². The lowest BCUT2D eigenvalue weighted by molar-refractivity contribution is -0.0127. The molecular formula is C12H12F2INO2. The highest BCUT2D eigenvalue weighted by molar-refractivity contribution is 14.1. The highest BCUT2D eigenvalue weighted by atomic mass is 127. The average molecular weight is 367 g/mol. The summed E-state index contributed by atoms with van der Waals surface area (Å²) in [6, 6.07) is 2.42. The minimum Gasteiger partial charge on any atom is -0.375 e. The Labute approximate surface area is 117 Å². The Hall–Kier alpha value is -0.760. The maximum absolute atomic E-state index is 13.8. The smallest absolute Gasteiger partial charge is 0.260 e. The van der Waals surface area contributed by atoms with E-state index in [1.807, 2.05) is 6.92 Å². The van der Waals surface area contributed by atoms with Crippen LogP contribution >= 0.6 is 22.6 Å². The Morgan fingerprint density at radius 1 is 1.50 bits per heavy atom. The number of benzene rings is 1. The second kappa shape index (κ2) is 5.48. The van der Waals surface area contributed by atoms with Crippen molar-refractivity contribution >= 4 is 28.5 Å². The van der Waals surface area contributed by atoms with Crippen LogP contribution < -0.4 is 0 Å². The molecule has 0 N–H and O–H groups in total. The fourth-order valence-electron chi connectivity index (χ4n) is 1.88. The number of carbonyl (C=O) groups is 1. The highest BCUT2D eigenvalue weighted by Gasteiger charge is 2.27. The summed E-state index contributed by atoms with van der Waals surface area (Å²) in [4.78, 5) is 13.5. The average Bonchev–Trinajstić information content (AvgIpc) is 2.34. The molecule has 1 amide bonds. The number of nitrogens with zero attached hydrogens (tertiary/aromatic N) is 1. The van der Waals surface area contributed by atoms with Gasteiger partial charge in [-0.15, -0.1) is 0 Å². The van der Waals surface area contributed by atoms with Crippen LogP contribution in [0.3, 0.4) is 0 Å². The molecule has 1 aliphatic rings. The quantitative estimate of drug-likeness (QED) is 0.564. The fraction of sp³-hybridized carbons (Fsp3) is 0.417. The zero-order valence-electron chi connectivity index (χ0n) is 9.75. The van der Waals surface area contributed by atoms with Crippen molar-refractivity contribution in [3.8, 4) is 0 Å². The van der Waals surface area contributed by atoms with Gasteiger partial charge in [0.15, 0.2) is 5.82 Å². The van der Waals surface area contributed by atoms with Crippen molar-refractivity contribution in [2.75, 3.05) is 19.7 Å². The Morgan fingerprint density at radius 3 is 2.89 bits per heavy atom. The number of rotatable bonds is 1. The summed E-state index contributed by atoms with van der Waals surface area (Å²) < 4.78 is 33.0. The van der Waals surface area contributed by atoms with E-state index >= 15 is 0 Å². The predicted molar refractivity (Wildman–Crippen MR) is 70.4 cm³/mol. The van der Waals surface area contributed by atoms with E-state index in [-0.39, 0.29) is 9.67 Å². The number of hydrogen-bond acceptors (Lipinski definition) is 2. The third-order valence-electron chi connectivity index (χ3n) is 2.79. The molecule has 6 heteroatoms. The van der Waals surface area contributed by atoms with Crippen molar-refractivity contribution in [2.24, 2.45) is 0 Å². The SMILES string of the molecule is C[C@@H]1CN(C(=O)c2c(F)ccc(I)c2F)CCO1. The van der Waals surface area contributed by atoms with Crippen LogP contribution in [0.2, 0.25) is 0 Å². The Morgan fingerprint density at radius 2 is 2.22 bits per heavy atom. The first kappa shape index (κ1) is 13.7. The van der Waals surface area contributed by atoms with Crippen LogP contribution in [0.5, 0.6) is 0 Å². The van der Waals surface area contributed by atoms with Gasteiger partial charge in [-0.25, -0.2) is 8.78 Å². The number of hydrogen-bond donors (Lipinski definition) is 0. The number of carbonyl (C=O) groups excluding carboxylic acids is 1. The minimum atomic E-state index is -0.822. The lowest BCUT2D eigenvalue weighted by Gasteiger charge is -2.31. The van der Waals surface area contributed by atoms with Gasteiger partial charge in [-0.3, -0.25) is 4.79 Å². The fourth-order valence-corrected chi connectivity index (χ4v) is 2.33. The van der Waals surface area contributed by atoms with E-state index in [9.17, 15) is 13.6 Å². The maximum Gasteiger partial charge on any atom is 0.260 e. The summed E-state index contributed by atoms with van der Waals surface area (Å²) in [5.74, 6) is -2.23. The van der Waals surface area contributed by atoms with Gasteiger partial charge >= 0.3 is 0 Å². The van der Waals surface area contributed by atoms with Crippen LogP contribution in [0, 0.1) is 15.2 Å². The zero-order chi connectivity index (χ0) is 13.3. The second-order valence-electron chi connectivity index (χ2n) is 4.15. The summed E-state index contributed by atoms with van der Waals surface area (Å²) in [6.45, 7) is 2.91. The molecule has 2 rings (SSSR count). The van der Waals surface area contributed by atoms with E-state index in [0.717, 1.165) is 6.07 Å². The van der Waals surface area contributed by atoms with Gasteiger partial charge in [-0.05, 0) is 41.6 Å². The number of morpholine rings is 1. The van der Waals surface area contributed by atoms with Gasteiger partial charge in [-0.2, -0.15) is 0 Å². The molecule has 0 radical (unpaired) electrons. The summed E-state index contributed by atoms with van der Waals surface area (Å²) >= 11 is 1.74. The number of ether oxygens (including phenoxy) is 1. The Balaban J connectivity index is 2.31.